The molecule has 0 spiro atoms. The van der Waals surface area contributed by atoms with E-state index in [1.807, 2.05) is 13.8 Å². The van der Waals surface area contributed by atoms with Crippen molar-refractivity contribution in [2.75, 3.05) is 24.6 Å². The van der Waals surface area contributed by atoms with Gasteiger partial charge in [0.1, 0.15) is 0 Å². The lowest BCUT2D eigenvalue weighted by atomic mass is 10.2. The molecule has 5 nitrogen and oxygen atoms in total. The molecule has 1 rings (SSSR count). The Labute approximate surface area is 99.1 Å². The SMILES string of the molecule is C[C@@H]1CN(C(=O)CSCC(=O)O)C[C@H](C)O1. The summed E-state index contributed by atoms with van der Waals surface area (Å²) in [6.45, 7) is 5.05. The molecule has 1 N–H and O–H groups in total. The van der Waals surface area contributed by atoms with Crippen LogP contribution >= 0.6 is 11.8 Å². The maximum absolute atomic E-state index is 11.7. The van der Waals surface area contributed by atoms with Gasteiger partial charge in [0.15, 0.2) is 0 Å². The number of carboxylic acids is 1. The number of hydrogen-bond acceptors (Lipinski definition) is 4. The van der Waals surface area contributed by atoms with Crippen LogP contribution in [0, 0.1) is 0 Å². The summed E-state index contributed by atoms with van der Waals surface area (Å²) in [5.41, 5.74) is 0. The molecule has 0 aromatic carbocycles. The zero-order chi connectivity index (χ0) is 12.1. The van der Waals surface area contributed by atoms with Gasteiger partial charge in [-0.1, -0.05) is 0 Å². The molecule has 1 amide bonds. The molecule has 1 aliphatic rings. The number of hydrogen-bond donors (Lipinski definition) is 1. The molecule has 0 saturated carbocycles. The predicted molar refractivity (Wildman–Crippen MR) is 61.5 cm³/mol. The average Bonchev–Trinajstić information content (AvgIpc) is 2.15. The minimum absolute atomic E-state index is 0.00625. The minimum atomic E-state index is -0.887. The first-order valence-corrected chi connectivity index (χ1v) is 6.37. The van der Waals surface area contributed by atoms with E-state index in [4.69, 9.17) is 9.84 Å². The molecule has 0 bridgehead atoms. The fraction of sp³-hybridized carbons (Fsp3) is 0.800. The summed E-state index contributed by atoms with van der Waals surface area (Å²) in [6, 6.07) is 0. The summed E-state index contributed by atoms with van der Waals surface area (Å²) in [5.74, 6) is -0.692. The third kappa shape index (κ3) is 4.40. The Hall–Kier alpha value is -0.750. The molecule has 0 aromatic rings. The van der Waals surface area contributed by atoms with Crippen LogP contribution in [-0.2, 0) is 14.3 Å². The highest BCUT2D eigenvalue weighted by Crippen LogP contribution is 2.12. The molecule has 0 radical (unpaired) electrons. The van der Waals surface area contributed by atoms with Crippen molar-refractivity contribution in [3.8, 4) is 0 Å². The Bertz CT molecular complexity index is 262. The third-order valence-electron chi connectivity index (χ3n) is 2.22. The van der Waals surface area contributed by atoms with Gasteiger partial charge in [0, 0.05) is 13.1 Å². The van der Waals surface area contributed by atoms with Crippen molar-refractivity contribution in [3.05, 3.63) is 0 Å². The number of thioether (sulfide) groups is 1. The number of carboxylic acid groups (broad SMARTS) is 1. The molecule has 0 aliphatic carbocycles. The molecule has 92 valence electrons. The topological polar surface area (TPSA) is 66.8 Å². The molecular formula is C10H17NO4S. The lowest BCUT2D eigenvalue weighted by Gasteiger charge is -2.35. The Kier molecular flexibility index (Phi) is 5.08. The predicted octanol–water partition coefficient (Wildman–Crippen LogP) is 0.440. The normalized spacial score (nSPS) is 25.5. The Morgan fingerprint density at radius 3 is 2.38 bits per heavy atom. The van der Waals surface area contributed by atoms with Crippen LogP contribution in [0.3, 0.4) is 0 Å². The first kappa shape index (κ1) is 13.3. The number of amides is 1. The van der Waals surface area contributed by atoms with Crippen molar-refractivity contribution < 1.29 is 19.4 Å². The number of rotatable bonds is 4. The van der Waals surface area contributed by atoms with Crippen molar-refractivity contribution in [3.63, 3.8) is 0 Å². The molecular weight excluding hydrogens is 230 g/mol. The van der Waals surface area contributed by atoms with E-state index in [1.54, 1.807) is 4.90 Å². The van der Waals surface area contributed by atoms with E-state index in [0.29, 0.717) is 13.1 Å². The van der Waals surface area contributed by atoms with Crippen LogP contribution in [0.15, 0.2) is 0 Å². The second kappa shape index (κ2) is 6.10. The zero-order valence-corrected chi connectivity index (χ0v) is 10.3. The zero-order valence-electron chi connectivity index (χ0n) is 9.51. The maximum Gasteiger partial charge on any atom is 0.313 e. The Balaban J connectivity index is 2.32. The van der Waals surface area contributed by atoms with Crippen LogP contribution in [0.4, 0.5) is 0 Å². The van der Waals surface area contributed by atoms with E-state index >= 15 is 0 Å². The number of aliphatic carboxylic acids is 1. The monoisotopic (exact) mass is 247 g/mol. The second-order valence-corrected chi connectivity index (χ2v) is 4.93. The van der Waals surface area contributed by atoms with E-state index in [1.165, 1.54) is 0 Å². The minimum Gasteiger partial charge on any atom is -0.481 e. The van der Waals surface area contributed by atoms with Crippen LogP contribution in [0.1, 0.15) is 13.8 Å². The van der Waals surface area contributed by atoms with Gasteiger partial charge in [-0.15, -0.1) is 11.8 Å². The van der Waals surface area contributed by atoms with Gasteiger partial charge in [-0.3, -0.25) is 9.59 Å². The molecule has 0 aromatic heterocycles. The highest BCUT2D eigenvalue weighted by molar-refractivity contribution is 8.00. The third-order valence-corrected chi connectivity index (χ3v) is 3.13. The van der Waals surface area contributed by atoms with E-state index in [-0.39, 0.29) is 29.6 Å². The summed E-state index contributed by atoms with van der Waals surface area (Å²) >= 11 is 1.13. The Morgan fingerprint density at radius 1 is 1.31 bits per heavy atom. The van der Waals surface area contributed by atoms with Crippen LogP contribution in [-0.4, -0.2) is 58.7 Å². The number of nitrogens with zero attached hydrogens (tertiary/aromatic N) is 1. The van der Waals surface area contributed by atoms with Gasteiger partial charge in [-0.2, -0.15) is 0 Å². The molecule has 1 aliphatic heterocycles. The maximum atomic E-state index is 11.7. The van der Waals surface area contributed by atoms with Crippen LogP contribution in [0.5, 0.6) is 0 Å². The molecule has 0 unspecified atom stereocenters. The average molecular weight is 247 g/mol. The summed E-state index contributed by atoms with van der Waals surface area (Å²) < 4.78 is 5.51. The van der Waals surface area contributed by atoms with Crippen molar-refractivity contribution in [1.82, 2.24) is 4.90 Å². The van der Waals surface area contributed by atoms with Crippen molar-refractivity contribution in [2.24, 2.45) is 0 Å². The summed E-state index contributed by atoms with van der Waals surface area (Å²) in [5, 5.41) is 8.46. The number of morpholine rings is 1. The van der Waals surface area contributed by atoms with Crippen molar-refractivity contribution in [2.45, 2.75) is 26.1 Å². The lowest BCUT2D eigenvalue weighted by Crippen LogP contribution is -2.48. The molecule has 16 heavy (non-hydrogen) atoms. The van der Waals surface area contributed by atoms with Crippen LogP contribution < -0.4 is 0 Å². The lowest BCUT2D eigenvalue weighted by molar-refractivity contribution is -0.140. The van der Waals surface area contributed by atoms with E-state index in [0.717, 1.165) is 11.8 Å². The van der Waals surface area contributed by atoms with Gasteiger partial charge in [0.25, 0.3) is 0 Å². The Morgan fingerprint density at radius 2 is 1.88 bits per heavy atom. The second-order valence-electron chi connectivity index (χ2n) is 3.94. The van der Waals surface area contributed by atoms with Gasteiger partial charge in [0.05, 0.1) is 23.7 Å². The molecule has 1 fully saturated rings. The first-order valence-electron chi connectivity index (χ1n) is 5.21. The molecule has 6 heteroatoms. The number of carbonyl (C=O) groups is 2. The largest absolute Gasteiger partial charge is 0.481 e. The highest BCUT2D eigenvalue weighted by atomic mass is 32.2. The summed E-state index contributed by atoms with van der Waals surface area (Å²) in [6.07, 6.45) is 0.106. The van der Waals surface area contributed by atoms with Crippen LogP contribution in [0.25, 0.3) is 0 Å². The van der Waals surface area contributed by atoms with Crippen molar-refractivity contribution in [1.29, 1.82) is 0 Å². The fourth-order valence-corrected chi connectivity index (χ4v) is 2.33. The standard InChI is InChI=1S/C10H17NO4S/c1-7-3-11(4-8(2)15-7)9(12)5-16-6-10(13)14/h7-8H,3-6H2,1-2H3,(H,13,14)/t7-,8+. The van der Waals surface area contributed by atoms with Gasteiger partial charge in [-0.25, -0.2) is 0 Å². The van der Waals surface area contributed by atoms with Gasteiger partial charge < -0.3 is 14.7 Å². The van der Waals surface area contributed by atoms with Gasteiger partial charge in [0.2, 0.25) is 5.91 Å². The van der Waals surface area contributed by atoms with Gasteiger partial charge >= 0.3 is 5.97 Å². The summed E-state index contributed by atoms with van der Waals surface area (Å²) in [7, 11) is 0. The molecule has 1 saturated heterocycles. The first-order chi connectivity index (χ1) is 7.49. The van der Waals surface area contributed by atoms with Gasteiger partial charge in [-0.05, 0) is 13.8 Å². The van der Waals surface area contributed by atoms with Crippen LogP contribution in [0.2, 0.25) is 0 Å². The number of ether oxygens (including phenoxy) is 1. The number of carbonyl (C=O) groups excluding carboxylic acids is 1. The quantitative estimate of drug-likeness (QED) is 0.781. The fourth-order valence-electron chi connectivity index (χ4n) is 1.70. The highest BCUT2D eigenvalue weighted by Gasteiger charge is 2.25. The smallest absolute Gasteiger partial charge is 0.313 e. The summed E-state index contributed by atoms with van der Waals surface area (Å²) in [4.78, 5) is 23.8. The van der Waals surface area contributed by atoms with Crippen molar-refractivity contribution >= 4 is 23.6 Å². The van der Waals surface area contributed by atoms with E-state index in [2.05, 4.69) is 0 Å². The van der Waals surface area contributed by atoms with E-state index in [9.17, 15) is 9.59 Å². The van der Waals surface area contributed by atoms with E-state index < -0.39 is 5.97 Å². The molecule has 2 atom stereocenters. The molecule has 1 heterocycles.